The number of rotatable bonds is 8. The monoisotopic (exact) mass is 428 g/mol. The molecule has 31 heavy (non-hydrogen) atoms. The molecule has 1 heterocycles. The first-order valence-electron chi connectivity index (χ1n) is 12.3. The fourth-order valence-corrected chi connectivity index (χ4v) is 5.48. The Balaban J connectivity index is 1.32. The van der Waals surface area contributed by atoms with Crippen molar-refractivity contribution in [2.45, 2.75) is 71.1 Å². The number of benzene rings is 1. The average Bonchev–Trinajstić information content (AvgIpc) is 2.76. The van der Waals surface area contributed by atoms with Gasteiger partial charge in [0.25, 0.3) is 0 Å². The van der Waals surface area contributed by atoms with E-state index in [1.807, 2.05) is 0 Å². The summed E-state index contributed by atoms with van der Waals surface area (Å²) in [5, 5.41) is 16.5. The van der Waals surface area contributed by atoms with E-state index in [2.05, 4.69) is 53.6 Å². The van der Waals surface area contributed by atoms with Gasteiger partial charge in [-0.3, -0.25) is 0 Å². The van der Waals surface area contributed by atoms with Gasteiger partial charge in [0, 0.05) is 50.0 Å². The van der Waals surface area contributed by atoms with Gasteiger partial charge in [-0.25, -0.2) is 4.99 Å². The minimum absolute atomic E-state index is 0.321. The molecule has 1 aromatic rings. The Morgan fingerprint density at radius 1 is 1.19 bits per heavy atom. The molecule has 6 nitrogen and oxygen atoms in total. The summed E-state index contributed by atoms with van der Waals surface area (Å²) in [6, 6.07) is 9.30. The molecule has 0 aromatic heterocycles. The number of anilines is 1. The van der Waals surface area contributed by atoms with Gasteiger partial charge in [-0.05, 0) is 69.6 Å². The molecule has 1 aromatic carbocycles. The molecule has 1 aliphatic heterocycles. The van der Waals surface area contributed by atoms with Crippen LogP contribution in [0.25, 0.3) is 0 Å². The lowest BCUT2D eigenvalue weighted by Gasteiger charge is -2.61. The lowest BCUT2D eigenvalue weighted by molar-refractivity contribution is -0.168. The van der Waals surface area contributed by atoms with E-state index in [4.69, 9.17) is 9.73 Å². The summed E-state index contributed by atoms with van der Waals surface area (Å²) in [7, 11) is 0. The van der Waals surface area contributed by atoms with Crippen molar-refractivity contribution in [3.05, 3.63) is 29.8 Å². The minimum Gasteiger partial charge on any atom is -0.396 e. The quantitative estimate of drug-likeness (QED) is 0.438. The smallest absolute Gasteiger partial charge is 0.191 e. The Morgan fingerprint density at radius 3 is 2.52 bits per heavy atom. The van der Waals surface area contributed by atoms with Crippen molar-refractivity contribution in [2.24, 2.45) is 16.3 Å². The van der Waals surface area contributed by atoms with Crippen molar-refractivity contribution in [1.82, 2.24) is 10.6 Å². The summed E-state index contributed by atoms with van der Waals surface area (Å²) >= 11 is 0. The van der Waals surface area contributed by atoms with Gasteiger partial charge in [0.05, 0.1) is 12.6 Å². The Bertz CT molecular complexity index is 724. The van der Waals surface area contributed by atoms with E-state index >= 15 is 0 Å². The van der Waals surface area contributed by atoms with E-state index in [0.29, 0.717) is 36.6 Å². The number of ether oxygens (including phenoxy) is 1. The molecule has 3 N–H and O–H groups in total. The standard InChI is InChI=1S/C25H40N4O2/c1-3-26-24(28-22-16-23(31-4-2)25(22)12-5-13-25)27-17-19-6-8-21(9-7-19)29-14-10-20(18-30)11-15-29/h6-9,20,22-23,30H,3-5,10-18H2,1-2H3,(H2,26,27,28). The zero-order chi connectivity index (χ0) is 21.7. The van der Waals surface area contributed by atoms with Crippen LogP contribution in [0.2, 0.25) is 0 Å². The molecule has 6 heteroatoms. The van der Waals surface area contributed by atoms with Crippen LogP contribution in [0.15, 0.2) is 29.3 Å². The fourth-order valence-electron chi connectivity index (χ4n) is 5.48. The molecule has 0 amide bonds. The fraction of sp³-hybridized carbons (Fsp3) is 0.720. The van der Waals surface area contributed by atoms with Crippen LogP contribution >= 0.6 is 0 Å². The number of nitrogens with zero attached hydrogens (tertiary/aromatic N) is 2. The predicted octanol–water partition coefficient (Wildman–Crippen LogP) is 3.30. The molecule has 2 aliphatic carbocycles. The van der Waals surface area contributed by atoms with E-state index in [1.165, 1.54) is 30.5 Å². The zero-order valence-corrected chi connectivity index (χ0v) is 19.3. The molecular formula is C25H40N4O2. The Morgan fingerprint density at radius 2 is 1.94 bits per heavy atom. The third-order valence-electron chi connectivity index (χ3n) is 7.69. The Labute approximate surface area is 187 Å². The summed E-state index contributed by atoms with van der Waals surface area (Å²) in [6.07, 6.45) is 7.51. The lowest BCUT2D eigenvalue weighted by Crippen LogP contribution is -2.68. The van der Waals surface area contributed by atoms with Crippen molar-refractivity contribution in [1.29, 1.82) is 0 Å². The molecular weight excluding hydrogens is 388 g/mol. The van der Waals surface area contributed by atoms with Crippen molar-refractivity contribution >= 4 is 11.6 Å². The van der Waals surface area contributed by atoms with Crippen molar-refractivity contribution in [2.75, 3.05) is 37.7 Å². The summed E-state index contributed by atoms with van der Waals surface area (Å²) in [5.41, 5.74) is 2.83. The number of nitrogens with one attached hydrogen (secondary N) is 2. The summed E-state index contributed by atoms with van der Waals surface area (Å²) in [6.45, 7) is 8.95. The van der Waals surface area contributed by atoms with E-state index in [9.17, 15) is 5.11 Å². The van der Waals surface area contributed by atoms with E-state index in [0.717, 1.165) is 51.5 Å². The SMILES string of the molecule is CCNC(=NCc1ccc(N2CCC(CO)CC2)cc1)NC1CC(OCC)C12CCC2. The van der Waals surface area contributed by atoms with Crippen molar-refractivity contribution in [3.8, 4) is 0 Å². The van der Waals surface area contributed by atoms with Crippen LogP contribution in [0.1, 0.15) is 57.9 Å². The van der Waals surface area contributed by atoms with Gasteiger partial charge in [0.1, 0.15) is 0 Å². The van der Waals surface area contributed by atoms with Gasteiger partial charge in [0.15, 0.2) is 5.96 Å². The second-order valence-corrected chi connectivity index (χ2v) is 9.44. The molecule has 2 atom stereocenters. The molecule has 2 unspecified atom stereocenters. The molecule has 1 saturated heterocycles. The third-order valence-corrected chi connectivity index (χ3v) is 7.69. The summed E-state index contributed by atoms with van der Waals surface area (Å²) in [5.74, 6) is 1.39. The Kier molecular flexibility index (Phi) is 7.39. The lowest BCUT2D eigenvalue weighted by atomic mass is 9.51. The predicted molar refractivity (Wildman–Crippen MR) is 127 cm³/mol. The maximum Gasteiger partial charge on any atom is 0.191 e. The van der Waals surface area contributed by atoms with Crippen LogP contribution < -0.4 is 15.5 Å². The van der Waals surface area contributed by atoms with Gasteiger partial charge in [-0.1, -0.05) is 18.6 Å². The van der Waals surface area contributed by atoms with Gasteiger partial charge in [-0.2, -0.15) is 0 Å². The van der Waals surface area contributed by atoms with Gasteiger partial charge in [-0.15, -0.1) is 0 Å². The van der Waals surface area contributed by atoms with E-state index < -0.39 is 0 Å². The first kappa shape index (κ1) is 22.4. The molecule has 0 bridgehead atoms. The number of aliphatic hydroxyl groups excluding tert-OH is 1. The van der Waals surface area contributed by atoms with Crippen LogP contribution in [0.3, 0.4) is 0 Å². The normalized spacial score (nSPS) is 25.8. The maximum atomic E-state index is 9.34. The van der Waals surface area contributed by atoms with Crippen molar-refractivity contribution < 1.29 is 9.84 Å². The van der Waals surface area contributed by atoms with E-state index in [1.54, 1.807) is 0 Å². The third kappa shape index (κ3) is 4.85. The first-order valence-corrected chi connectivity index (χ1v) is 12.3. The summed E-state index contributed by atoms with van der Waals surface area (Å²) < 4.78 is 5.99. The van der Waals surface area contributed by atoms with Crippen molar-refractivity contribution in [3.63, 3.8) is 0 Å². The van der Waals surface area contributed by atoms with Crippen LogP contribution in [0.5, 0.6) is 0 Å². The molecule has 4 rings (SSSR count). The average molecular weight is 429 g/mol. The Hall–Kier alpha value is -1.79. The molecule has 3 fully saturated rings. The molecule has 2 saturated carbocycles. The topological polar surface area (TPSA) is 69.1 Å². The second-order valence-electron chi connectivity index (χ2n) is 9.44. The number of guanidine groups is 1. The van der Waals surface area contributed by atoms with Crippen LogP contribution in [0, 0.1) is 11.3 Å². The molecule has 0 radical (unpaired) electrons. The highest BCUT2D eigenvalue weighted by Gasteiger charge is 2.59. The highest BCUT2D eigenvalue weighted by Crippen LogP contribution is 2.57. The number of hydrogen-bond acceptors (Lipinski definition) is 4. The largest absolute Gasteiger partial charge is 0.396 e. The first-order chi connectivity index (χ1) is 15.2. The number of aliphatic hydroxyl groups is 1. The second kappa shape index (κ2) is 10.2. The van der Waals surface area contributed by atoms with Gasteiger partial charge in [0.2, 0.25) is 0 Å². The molecule has 3 aliphatic rings. The van der Waals surface area contributed by atoms with Gasteiger partial charge < -0.3 is 25.4 Å². The highest BCUT2D eigenvalue weighted by molar-refractivity contribution is 5.80. The van der Waals surface area contributed by atoms with E-state index in [-0.39, 0.29) is 0 Å². The number of hydrogen-bond donors (Lipinski definition) is 3. The highest BCUT2D eigenvalue weighted by atomic mass is 16.5. The summed E-state index contributed by atoms with van der Waals surface area (Å²) in [4.78, 5) is 7.30. The zero-order valence-electron chi connectivity index (χ0n) is 19.3. The number of aliphatic imine (C=N–C) groups is 1. The molecule has 1 spiro atoms. The maximum absolute atomic E-state index is 9.34. The minimum atomic E-state index is 0.321. The van der Waals surface area contributed by atoms with Crippen LogP contribution in [0.4, 0.5) is 5.69 Å². The number of piperidine rings is 1. The van der Waals surface area contributed by atoms with Crippen LogP contribution in [-0.2, 0) is 11.3 Å². The van der Waals surface area contributed by atoms with Gasteiger partial charge >= 0.3 is 0 Å². The molecule has 172 valence electrons. The van der Waals surface area contributed by atoms with Crippen LogP contribution in [-0.4, -0.2) is 56.1 Å².